The molecule has 0 saturated carbocycles. The van der Waals surface area contributed by atoms with E-state index >= 15 is 0 Å². The van der Waals surface area contributed by atoms with E-state index in [0.29, 0.717) is 0 Å². The summed E-state index contributed by atoms with van der Waals surface area (Å²) in [4.78, 5) is 0. The zero-order valence-electron chi connectivity index (χ0n) is 5.98. The van der Waals surface area contributed by atoms with Gasteiger partial charge < -0.3 is 17.1 Å². The van der Waals surface area contributed by atoms with E-state index in [-0.39, 0.29) is 23.4 Å². The molecule has 0 saturated heterocycles. The van der Waals surface area contributed by atoms with Crippen molar-refractivity contribution in [2.75, 3.05) is 5.73 Å². The van der Waals surface area contributed by atoms with Crippen LogP contribution in [0, 0.1) is 0 Å². The third kappa shape index (κ3) is 1.64. The molecule has 0 bridgehead atoms. The quantitative estimate of drug-likeness (QED) is 0.300. The largest absolute Gasteiger partial charge is 0.411 e. The van der Waals surface area contributed by atoms with Crippen molar-refractivity contribution in [2.24, 2.45) is 5.16 Å². The van der Waals surface area contributed by atoms with E-state index in [9.17, 15) is 0 Å². The van der Waals surface area contributed by atoms with E-state index < -0.39 is 0 Å². The molecule has 0 unspecified atom stereocenters. The minimum absolute atomic E-state index is 0. The number of nitrogen functional groups attached to an aromatic ring is 1. The van der Waals surface area contributed by atoms with E-state index in [2.05, 4.69) is 20.1 Å². The Morgan fingerprint density at radius 1 is 1.64 bits per heavy atom. The lowest BCUT2D eigenvalue weighted by Gasteiger charge is -1.87. The molecule has 0 aliphatic heterocycles. The summed E-state index contributed by atoms with van der Waals surface area (Å²) >= 11 is 0. The van der Waals surface area contributed by atoms with Crippen molar-refractivity contribution in [3.63, 3.8) is 0 Å². The van der Waals surface area contributed by atoms with Gasteiger partial charge in [0.15, 0.2) is 11.5 Å². The van der Waals surface area contributed by atoms with Gasteiger partial charge in [0.25, 0.3) is 0 Å². The van der Waals surface area contributed by atoms with Crippen molar-refractivity contribution >= 4 is 11.5 Å². The van der Waals surface area contributed by atoms with Crippen LogP contribution >= 0.6 is 0 Å². The van der Waals surface area contributed by atoms with Gasteiger partial charge in [-0.05, 0) is 17.2 Å². The van der Waals surface area contributed by atoms with Crippen LogP contribution in [0.2, 0.25) is 0 Å². The molecule has 0 fully saturated rings. The molecule has 0 radical (unpaired) electrons. The first-order valence-electron chi connectivity index (χ1n) is 2.52. The first kappa shape index (κ1) is 9.37. The van der Waals surface area contributed by atoms with Crippen molar-refractivity contribution in [3.05, 3.63) is 5.69 Å². The van der Waals surface area contributed by atoms with Crippen molar-refractivity contribution in [3.8, 4) is 0 Å². The van der Waals surface area contributed by atoms with Crippen LogP contribution < -0.4 is 11.9 Å². The molecule has 0 atom stereocenters. The summed E-state index contributed by atoms with van der Waals surface area (Å²) in [5, 5.41) is 17.8. The Morgan fingerprint density at radius 2 is 2.27 bits per heavy atom. The maximum Gasteiger partial charge on any atom is 0.197 e. The van der Waals surface area contributed by atoms with Crippen LogP contribution in [-0.2, 0) is 0 Å². The molecule has 1 aromatic rings. The van der Waals surface area contributed by atoms with Gasteiger partial charge >= 0.3 is 0 Å². The molecule has 0 aliphatic rings. The maximum atomic E-state index is 8.25. The molecule has 62 valence electrons. The molecule has 7 nitrogen and oxygen atoms in total. The lowest BCUT2D eigenvalue weighted by Crippen LogP contribution is -1.99. The van der Waals surface area contributed by atoms with Crippen LogP contribution in [0.25, 0.3) is 0 Å². The number of rotatable bonds is 1. The Kier molecular flexibility index (Phi) is 3.00. The number of aromatic nitrogens is 2. The highest BCUT2D eigenvalue weighted by Gasteiger charge is 2.08. The van der Waals surface area contributed by atoms with E-state index in [0.717, 1.165) is 0 Å². The predicted molar refractivity (Wildman–Crippen MR) is 37.7 cm³/mol. The Bertz CT molecular complexity index is 255. The Hall–Kier alpha value is -1.63. The third-order valence-electron chi connectivity index (χ3n) is 1.01. The van der Waals surface area contributed by atoms with Crippen LogP contribution in [0.4, 0.5) is 5.82 Å². The average molecular weight is 159 g/mol. The number of hydrogen-bond donors (Lipinski definition) is 3. The van der Waals surface area contributed by atoms with E-state index in [4.69, 9.17) is 10.9 Å². The summed E-state index contributed by atoms with van der Waals surface area (Å²) in [6.45, 7) is 1.54. The number of nitrogens with two attached hydrogens (primary N) is 1. The van der Waals surface area contributed by atoms with Crippen LogP contribution in [0.5, 0.6) is 0 Å². The van der Waals surface area contributed by atoms with Gasteiger partial charge in [-0.1, -0.05) is 5.16 Å². The monoisotopic (exact) mass is 159 g/mol. The second kappa shape index (κ2) is 3.52. The summed E-state index contributed by atoms with van der Waals surface area (Å²) in [5.74, 6) is 0.121. The van der Waals surface area contributed by atoms with Gasteiger partial charge in [0.1, 0.15) is 5.71 Å². The summed E-state index contributed by atoms with van der Waals surface area (Å²) in [5.41, 5.74) is 5.80. The molecule has 0 aromatic carbocycles. The van der Waals surface area contributed by atoms with Gasteiger partial charge in [0.05, 0.1) is 0 Å². The minimum Gasteiger partial charge on any atom is -0.411 e. The zero-order chi connectivity index (χ0) is 7.56. The van der Waals surface area contributed by atoms with Crippen LogP contribution in [0.3, 0.4) is 0 Å². The fraction of sp³-hybridized carbons (Fsp3) is 0.250. The lowest BCUT2D eigenvalue weighted by molar-refractivity contribution is 0.305. The van der Waals surface area contributed by atoms with Crippen molar-refractivity contribution in [1.82, 2.24) is 16.5 Å². The van der Waals surface area contributed by atoms with E-state index in [1.54, 1.807) is 0 Å². The second-order valence-corrected chi connectivity index (χ2v) is 1.68. The lowest BCUT2D eigenvalue weighted by atomic mass is 10.3. The Labute approximate surface area is 62.4 Å². The van der Waals surface area contributed by atoms with Crippen LogP contribution in [0.15, 0.2) is 9.78 Å². The third-order valence-corrected chi connectivity index (χ3v) is 1.01. The summed E-state index contributed by atoms with van der Waals surface area (Å²) in [7, 11) is 0. The number of oxime groups is 1. The first-order chi connectivity index (χ1) is 4.75. The fourth-order valence-electron chi connectivity index (χ4n) is 0.494. The molecule has 0 aliphatic carbocycles. The summed E-state index contributed by atoms with van der Waals surface area (Å²) < 4.78 is 4.25. The van der Waals surface area contributed by atoms with Gasteiger partial charge in [0, 0.05) is 0 Å². The highest BCUT2D eigenvalue weighted by atomic mass is 16.6. The maximum absolute atomic E-state index is 8.25. The van der Waals surface area contributed by atoms with Crippen LogP contribution in [-0.4, -0.2) is 21.2 Å². The van der Waals surface area contributed by atoms with Gasteiger partial charge in [-0.15, -0.1) is 0 Å². The summed E-state index contributed by atoms with van der Waals surface area (Å²) in [6, 6.07) is 0. The van der Waals surface area contributed by atoms with Crippen molar-refractivity contribution in [1.29, 1.82) is 0 Å². The molecule has 0 spiro atoms. The number of nitrogens with zero attached hydrogens (tertiary/aromatic N) is 3. The molecule has 6 N–H and O–H groups in total. The van der Waals surface area contributed by atoms with Gasteiger partial charge in [0.2, 0.25) is 0 Å². The summed E-state index contributed by atoms with van der Waals surface area (Å²) in [6.07, 6.45) is 0. The van der Waals surface area contributed by atoms with Crippen molar-refractivity contribution in [2.45, 2.75) is 6.92 Å². The molecule has 7 heteroatoms. The SMILES string of the molecule is C/C(=N/O)c1nonc1N.N. The Morgan fingerprint density at radius 3 is 2.64 bits per heavy atom. The minimum atomic E-state index is 0. The number of anilines is 1. The standard InChI is InChI=1S/C4H6N4O2.H3N/c1-2(6-9)3-4(5)8-10-7-3;/h9H,1H3,(H2,5,8);1H3/b6-2-;. The van der Waals surface area contributed by atoms with E-state index in [1.165, 1.54) is 6.92 Å². The molecule has 1 aromatic heterocycles. The average Bonchev–Trinajstić information content (AvgIpc) is 2.34. The smallest absolute Gasteiger partial charge is 0.197 e. The Balaban J connectivity index is 0.000001000. The molecular formula is C4H9N5O2. The van der Waals surface area contributed by atoms with Gasteiger partial charge in [-0.25, -0.2) is 4.63 Å². The zero-order valence-corrected chi connectivity index (χ0v) is 5.98. The van der Waals surface area contributed by atoms with Gasteiger partial charge in [-0.2, -0.15) is 0 Å². The highest BCUT2D eigenvalue weighted by molar-refractivity contribution is 5.99. The molecule has 11 heavy (non-hydrogen) atoms. The van der Waals surface area contributed by atoms with Crippen molar-refractivity contribution < 1.29 is 9.84 Å². The fourth-order valence-corrected chi connectivity index (χ4v) is 0.494. The highest BCUT2D eigenvalue weighted by Crippen LogP contribution is 2.04. The molecule has 0 amide bonds. The van der Waals surface area contributed by atoms with Gasteiger partial charge in [-0.3, -0.25) is 0 Å². The molecular weight excluding hydrogens is 150 g/mol. The predicted octanol–water partition coefficient (Wildman–Crippen LogP) is 0.0120. The molecule has 1 heterocycles. The number of hydrogen-bond acceptors (Lipinski definition) is 7. The topological polar surface area (TPSA) is 133 Å². The molecule has 1 rings (SSSR count). The second-order valence-electron chi connectivity index (χ2n) is 1.68. The first-order valence-corrected chi connectivity index (χ1v) is 2.52. The normalized spacial score (nSPS) is 10.8. The van der Waals surface area contributed by atoms with E-state index in [1.807, 2.05) is 0 Å². The van der Waals surface area contributed by atoms with Crippen LogP contribution in [0.1, 0.15) is 12.6 Å².